The van der Waals surface area contributed by atoms with Crippen LogP contribution in [0.4, 0.5) is 0 Å². The molecule has 92 valence electrons. The van der Waals surface area contributed by atoms with E-state index in [4.69, 9.17) is 14.4 Å². The fourth-order valence-electron chi connectivity index (χ4n) is 1.34. The molecule has 0 aromatic heterocycles. The Balaban J connectivity index is 0. The van der Waals surface area contributed by atoms with Crippen LogP contribution in [-0.2, 0) is 14.9 Å². The van der Waals surface area contributed by atoms with Crippen LogP contribution in [0.5, 0.6) is 0 Å². The molecular formula is C7H16NNaO6S. The topological polar surface area (TPSA) is 107 Å². The molecule has 2 atom stereocenters. The number of ether oxygens (including phenoxy) is 1. The Labute approximate surface area is 118 Å². The number of hydrogen-bond donors (Lipinski definition) is 3. The summed E-state index contributed by atoms with van der Waals surface area (Å²) >= 11 is 0. The number of morpholine rings is 1. The normalized spacial score (nSPS) is 22.2. The van der Waals surface area contributed by atoms with Gasteiger partial charge in [-0.25, -0.2) is 0 Å². The van der Waals surface area contributed by atoms with E-state index in [1.54, 1.807) is 4.90 Å². The summed E-state index contributed by atoms with van der Waals surface area (Å²) in [5, 5.41) is 18.4. The van der Waals surface area contributed by atoms with Crippen molar-refractivity contribution in [1.82, 2.24) is 4.90 Å². The summed E-state index contributed by atoms with van der Waals surface area (Å²) in [5.74, 6) is 0. The van der Waals surface area contributed by atoms with Crippen molar-refractivity contribution in [2.24, 2.45) is 0 Å². The quantitative estimate of drug-likeness (QED) is 0.345. The maximum atomic E-state index is 10.5. The zero-order valence-corrected chi connectivity index (χ0v) is 11.9. The molecular weight excluding hydrogens is 249 g/mol. The van der Waals surface area contributed by atoms with E-state index in [0.29, 0.717) is 26.3 Å². The van der Waals surface area contributed by atoms with Crippen LogP contribution in [0.15, 0.2) is 0 Å². The standard InChI is InChI=1S/C7H15NO6S.Na.H/c9-6(7(10)15(11,12)13)5-8-1-3-14-4-2-8;;/h6-7,9-10H,1-5H2,(H,11,12,13);;/q;+1;-1. The molecule has 0 aliphatic carbocycles. The summed E-state index contributed by atoms with van der Waals surface area (Å²) in [6.07, 6.45) is -1.52. The average Bonchev–Trinajstić information content (AvgIpc) is 2.16. The van der Waals surface area contributed by atoms with Crippen LogP contribution in [0.1, 0.15) is 1.43 Å². The van der Waals surface area contributed by atoms with E-state index in [9.17, 15) is 13.5 Å². The van der Waals surface area contributed by atoms with Crippen molar-refractivity contribution in [2.45, 2.75) is 11.5 Å². The Hall–Kier alpha value is 0.750. The molecule has 1 heterocycles. The van der Waals surface area contributed by atoms with Crippen molar-refractivity contribution in [3.8, 4) is 0 Å². The van der Waals surface area contributed by atoms with Crippen molar-refractivity contribution in [2.75, 3.05) is 32.8 Å². The average molecular weight is 265 g/mol. The summed E-state index contributed by atoms with van der Waals surface area (Å²) in [6, 6.07) is 0. The van der Waals surface area contributed by atoms with E-state index in [2.05, 4.69) is 0 Å². The van der Waals surface area contributed by atoms with Crippen LogP contribution >= 0.6 is 0 Å². The first-order valence-corrected chi connectivity index (χ1v) is 6.04. The molecule has 16 heavy (non-hydrogen) atoms. The summed E-state index contributed by atoms with van der Waals surface area (Å²) in [7, 11) is -4.61. The van der Waals surface area contributed by atoms with E-state index < -0.39 is 21.7 Å². The van der Waals surface area contributed by atoms with Crippen LogP contribution in [0.25, 0.3) is 0 Å². The van der Waals surface area contributed by atoms with Gasteiger partial charge in [-0.05, 0) is 0 Å². The monoisotopic (exact) mass is 265 g/mol. The minimum Gasteiger partial charge on any atom is -1.00 e. The first kappa shape index (κ1) is 16.8. The van der Waals surface area contributed by atoms with Gasteiger partial charge in [0.05, 0.1) is 13.2 Å². The van der Waals surface area contributed by atoms with Crippen LogP contribution < -0.4 is 29.6 Å². The minimum absolute atomic E-state index is 0. The Morgan fingerprint density at radius 1 is 1.31 bits per heavy atom. The van der Waals surface area contributed by atoms with Gasteiger partial charge in [0.15, 0.2) is 0 Å². The van der Waals surface area contributed by atoms with Gasteiger partial charge in [-0.15, -0.1) is 0 Å². The van der Waals surface area contributed by atoms with Gasteiger partial charge < -0.3 is 16.4 Å². The van der Waals surface area contributed by atoms with Gasteiger partial charge in [0.25, 0.3) is 10.1 Å². The number of rotatable bonds is 4. The van der Waals surface area contributed by atoms with E-state index in [-0.39, 0.29) is 37.5 Å². The second kappa shape index (κ2) is 7.24. The molecule has 0 radical (unpaired) electrons. The summed E-state index contributed by atoms with van der Waals surface area (Å²) in [5.41, 5.74) is -2.15. The fourth-order valence-corrected chi connectivity index (χ4v) is 1.82. The second-order valence-electron chi connectivity index (χ2n) is 3.39. The van der Waals surface area contributed by atoms with E-state index in [1.165, 1.54) is 0 Å². The van der Waals surface area contributed by atoms with Crippen LogP contribution in [0.3, 0.4) is 0 Å². The summed E-state index contributed by atoms with van der Waals surface area (Å²) < 4.78 is 34.6. The molecule has 1 saturated heterocycles. The molecule has 1 aliphatic heterocycles. The van der Waals surface area contributed by atoms with E-state index in [0.717, 1.165) is 0 Å². The molecule has 1 aliphatic rings. The van der Waals surface area contributed by atoms with Crippen molar-refractivity contribution in [3.63, 3.8) is 0 Å². The Morgan fingerprint density at radius 2 is 1.81 bits per heavy atom. The second-order valence-corrected chi connectivity index (χ2v) is 4.90. The van der Waals surface area contributed by atoms with Gasteiger partial charge in [0.2, 0.25) is 5.44 Å². The van der Waals surface area contributed by atoms with Gasteiger partial charge in [-0.2, -0.15) is 8.42 Å². The first-order valence-electron chi connectivity index (χ1n) is 4.54. The molecule has 0 aromatic rings. The Kier molecular flexibility index (Phi) is 7.58. The molecule has 1 fully saturated rings. The van der Waals surface area contributed by atoms with Crippen LogP contribution in [0, 0.1) is 0 Å². The van der Waals surface area contributed by atoms with Crippen molar-refractivity contribution in [3.05, 3.63) is 0 Å². The predicted octanol–water partition coefficient (Wildman–Crippen LogP) is -5.00. The molecule has 3 N–H and O–H groups in total. The molecule has 0 aromatic carbocycles. The SMILES string of the molecule is O=S(=O)(O)C(O)C(O)CN1CCOCC1.[H-].[Na+]. The predicted molar refractivity (Wildman–Crippen MR) is 51.9 cm³/mol. The van der Waals surface area contributed by atoms with Gasteiger partial charge in [-0.3, -0.25) is 9.45 Å². The van der Waals surface area contributed by atoms with Gasteiger partial charge >= 0.3 is 29.6 Å². The van der Waals surface area contributed by atoms with Gasteiger partial charge in [0, 0.05) is 19.6 Å². The Bertz CT molecular complexity index is 297. The van der Waals surface area contributed by atoms with Gasteiger partial charge in [0.1, 0.15) is 6.10 Å². The molecule has 2 unspecified atom stereocenters. The molecule has 0 saturated carbocycles. The fraction of sp³-hybridized carbons (Fsp3) is 1.00. The molecule has 9 heteroatoms. The first-order chi connectivity index (χ1) is 6.91. The third kappa shape index (κ3) is 5.39. The number of hydrogen-bond acceptors (Lipinski definition) is 6. The van der Waals surface area contributed by atoms with Crippen molar-refractivity contribution in [1.29, 1.82) is 0 Å². The number of nitrogens with zero attached hydrogens (tertiary/aromatic N) is 1. The maximum absolute atomic E-state index is 10.5. The van der Waals surface area contributed by atoms with E-state index in [1.807, 2.05) is 0 Å². The number of aliphatic hydroxyl groups is 2. The molecule has 0 spiro atoms. The number of β-amino-alcohol motifs (C(OH)–C–C–N with tert-alkyl or cyclic N) is 1. The molecule has 0 bridgehead atoms. The maximum Gasteiger partial charge on any atom is 1.00 e. The third-order valence-electron chi connectivity index (χ3n) is 2.18. The summed E-state index contributed by atoms with van der Waals surface area (Å²) in [6.45, 7) is 2.14. The van der Waals surface area contributed by atoms with Crippen molar-refractivity contribution >= 4 is 10.1 Å². The smallest absolute Gasteiger partial charge is 1.00 e. The van der Waals surface area contributed by atoms with E-state index >= 15 is 0 Å². The molecule has 1 rings (SSSR count). The summed E-state index contributed by atoms with van der Waals surface area (Å²) in [4.78, 5) is 1.75. The Morgan fingerprint density at radius 3 is 2.25 bits per heavy atom. The van der Waals surface area contributed by atoms with Crippen LogP contribution in [-0.4, -0.2) is 72.5 Å². The molecule has 0 amide bonds. The minimum atomic E-state index is -4.61. The van der Waals surface area contributed by atoms with Crippen molar-refractivity contribution < 1.29 is 58.9 Å². The molecule has 7 nitrogen and oxygen atoms in total. The third-order valence-corrected chi connectivity index (χ3v) is 3.11. The van der Waals surface area contributed by atoms with Crippen LogP contribution in [0.2, 0.25) is 0 Å². The van der Waals surface area contributed by atoms with Gasteiger partial charge in [-0.1, -0.05) is 0 Å². The zero-order valence-electron chi connectivity index (χ0n) is 10.1. The number of aliphatic hydroxyl groups excluding tert-OH is 2. The largest absolute Gasteiger partial charge is 1.00 e. The zero-order chi connectivity index (χ0) is 11.5.